The van der Waals surface area contributed by atoms with E-state index in [2.05, 4.69) is 15.5 Å². The predicted octanol–water partition coefficient (Wildman–Crippen LogP) is 2.37. The summed E-state index contributed by atoms with van der Waals surface area (Å²) in [6, 6.07) is -0.609. The van der Waals surface area contributed by atoms with E-state index in [-0.39, 0.29) is 11.0 Å². The fourth-order valence-corrected chi connectivity index (χ4v) is 2.73. The SMILES string of the molecule is CC(Nc1nnc(C(F)(F)F)s1)C(=O)N1CCCCC1. The van der Waals surface area contributed by atoms with Gasteiger partial charge in [0, 0.05) is 13.1 Å². The number of carbonyl (C=O) groups is 1. The van der Waals surface area contributed by atoms with Crippen LogP contribution in [-0.4, -0.2) is 40.1 Å². The number of hydrogen-bond acceptors (Lipinski definition) is 5. The molecule has 1 unspecified atom stereocenters. The summed E-state index contributed by atoms with van der Waals surface area (Å²) >= 11 is 0.403. The fraction of sp³-hybridized carbons (Fsp3) is 0.727. The maximum atomic E-state index is 12.4. The van der Waals surface area contributed by atoms with Gasteiger partial charge in [-0.2, -0.15) is 13.2 Å². The van der Waals surface area contributed by atoms with Crippen LogP contribution in [0.4, 0.5) is 18.3 Å². The normalized spacial score (nSPS) is 17.9. The number of alkyl halides is 3. The summed E-state index contributed by atoms with van der Waals surface area (Å²) in [5, 5.41) is 8.16. The average Bonchev–Trinajstić information content (AvgIpc) is 2.87. The molecule has 1 amide bonds. The lowest BCUT2D eigenvalue weighted by molar-refractivity contribution is -0.138. The molecule has 0 aromatic carbocycles. The first kappa shape index (κ1) is 15.0. The second-order valence-corrected chi connectivity index (χ2v) is 5.64. The van der Waals surface area contributed by atoms with Crippen LogP contribution in [0.25, 0.3) is 0 Å². The third kappa shape index (κ3) is 3.59. The summed E-state index contributed by atoms with van der Waals surface area (Å²) < 4.78 is 37.2. The highest BCUT2D eigenvalue weighted by molar-refractivity contribution is 7.15. The number of likely N-dealkylation sites (tertiary alicyclic amines) is 1. The first-order chi connectivity index (χ1) is 9.38. The molecule has 1 aliphatic heterocycles. The van der Waals surface area contributed by atoms with Crippen LogP contribution in [0.2, 0.25) is 0 Å². The molecule has 1 N–H and O–H groups in total. The molecule has 20 heavy (non-hydrogen) atoms. The lowest BCUT2D eigenvalue weighted by Crippen LogP contribution is -2.43. The highest BCUT2D eigenvalue weighted by Crippen LogP contribution is 2.33. The summed E-state index contributed by atoms with van der Waals surface area (Å²) in [4.78, 5) is 13.8. The van der Waals surface area contributed by atoms with Gasteiger partial charge in [-0.3, -0.25) is 4.79 Å². The van der Waals surface area contributed by atoms with Gasteiger partial charge in [0.15, 0.2) is 0 Å². The van der Waals surface area contributed by atoms with Crippen molar-refractivity contribution >= 4 is 22.4 Å². The van der Waals surface area contributed by atoms with Crippen LogP contribution in [0, 0.1) is 0 Å². The molecular formula is C11H15F3N4OS. The number of halogens is 3. The molecule has 0 saturated carbocycles. The Hall–Kier alpha value is -1.38. The minimum atomic E-state index is -4.50. The smallest absolute Gasteiger partial charge is 0.349 e. The van der Waals surface area contributed by atoms with E-state index in [1.165, 1.54) is 0 Å². The maximum absolute atomic E-state index is 12.4. The molecule has 2 heterocycles. The summed E-state index contributed by atoms with van der Waals surface area (Å²) in [6.45, 7) is 3.02. The lowest BCUT2D eigenvalue weighted by atomic mass is 10.1. The minimum Gasteiger partial charge on any atom is -0.349 e. The summed E-state index contributed by atoms with van der Waals surface area (Å²) in [5.74, 6) is -0.117. The largest absolute Gasteiger partial charge is 0.445 e. The first-order valence-corrected chi connectivity index (χ1v) is 7.15. The maximum Gasteiger partial charge on any atom is 0.445 e. The van der Waals surface area contributed by atoms with E-state index in [0.717, 1.165) is 19.3 Å². The molecular weight excluding hydrogens is 293 g/mol. The van der Waals surface area contributed by atoms with E-state index in [4.69, 9.17) is 0 Å². The van der Waals surface area contributed by atoms with Crippen molar-refractivity contribution in [2.75, 3.05) is 18.4 Å². The van der Waals surface area contributed by atoms with Crippen LogP contribution in [0.15, 0.2) is 0 Å². The van der Waals surface area contributed by atoms with E-state index in [1.54, 1.807) is 11.8 Å². The van der Waals surface area contributed by atoms with Gasteiger partial charge >= 0.3 is 6.18 Å². The van der Waals surface area contributed by atoms with E-state index >= 15 is 0 Å². The molecule has 1 aromatic rings. The zero-order valence-corrected chi connectivity index (χ0v) is 11.7. The van der Waals surface area contributed by atoms with Crippen LogP contribution in [0.3, 0.4) is 0 Å². The number of nitrogens with zero attached hydrogens (tertiary/aromatic N) is 3. The summed E-state index contributed by atoms with van der Waals surface area (Å²) in [7, 11) is 0. The molecule has 9 heteroatoms. The molecule has 2 rings (SSSR count). The topological polar surface area (TPSA) is 58.1 Å². The molecule has 5 nitrogen and oxygen atoms in total. The van der Waals surface area contributed by atoms with E-state index < -0.39 is 17.2 Å². The zero-order chi connectivity index (χ0) is 14.8. The second kappa shape index (κ2) is 5.94. The lowest BCUT2D eigenvalue weighted by Gasteiger charge is -2.29. The molecule has 1 saturated heterocycles. The third-order valence-electron chi connectivity index (χ3n) is 3.05. The van der Waals surface area contributed by atoms with Gasteiger partial charge in [-0.1, -0.05) is 11.3 Å². The Morgan fingerprint density at radius 3 is 2.50 bits per heavy atom. The van der Waals surface area contributed by atoms with Crippen molar-refractivity contribution in [3.05, 3.63) is 5.01 Å². The van der Waals surface area contributed by atoms with Crippen molar-refractivity contribution in [1.29, 1.82) is 0 Å². The van der Waals surface area contributed by atoms with Crippen LogP contribution in [-0.2, 0) is 11.0 Å². The molecule has 1 fully saturated rings. The molecule has 0 bridgehead atoms. The molecule has 0 spiro atoms. The molecule has 1 aromatic heterocycles. The van der Waals surface area contributed by atoms with Crippen molar-refractivity contribution < 1.29 is 18.0 Å². The van der Waals surface area contributed by atoms with Gasteiger partial charge in [-0.05, 0) is 26.2 Å². The quantitative estimate of drug-likeness (QED) is 0.931. The van der Waals surface area contributed by atoms with E-state index in [9.17, 15) is 18.0 Å². The Balaban J connectivity index is 1.95. The highest BCUT2D eigenvalue weighted by atomic mass is 32.1. The van der Waals surface area contributed by atoms with Gasteiger partial charge in [-0.15, -0.1) is 10.2 Å². The first-order valence-electron chi connectivity index (χ1n) is 6.34. The number of piperidine rings is 1. The Kier molecular flexibility index (Phi) is 4.46. The van der Waals surface area contributed by atoms with Crippen LogP contribution < -0.4 is 5.32 Å². The monoisotopic (exact) mass is 308 g/mol. The molecule has 0 radical (unpaired) electrons. The van der Waals surface area contributed by atoms with E-state index in [1.807, 2.05) is 0 Å². The highest BCUT2D eigenvalue weighted by Gasteiger charge is 2.36. The zero-order valence-electron chi connectivity index (χ0n) is 10.9. The van der Waals surface area contributed by atoms with Crippen molar-refractivity contribution in [3.8, 4) is 0 Å². The van der Waals surface area contributed by atoms with Crippen molar-refractivity contribution in [1.82, 2.24) is 15.1 Å². The predicted molar refractivity (Wildman–Crippen MR) is 68.4 cm³/mol. The fourth-order valence-electron chi connectivity index (χ4n) is 2.03. The van der Waals surface area contributed by atoms with Gasteiger partial charge in [0.2, 0.25) is 16.0 Å². The Bertz CT molecular complexity index is 470. The standard InChI is InChI=1S/C11H15F3N4OS/c1-7(8(19)18-5-3-2-4-6-18)15-10-17-16-9(20-10)11(12,13)14/h7H,2-6H2,1H3,(H,15,17). The number of rotatable bonds is 3. The van der Waals surface area contributed by atoms with Crippen LogP contribution in [0.5, 0.6) is 0 Å². The second-order valence-electron chi connectivity index (χ2n) is 4.66. The van der Waals surface area contributed by atoms with Gasteiger partial charge in [0.05, 0.1) is 0 Å². The number of aromatic nitrogens is 2. The number of anilines is 1. The third-order valence-corrected chi connectivity index (χ3v) is 3.94. The van der Waals surface area contributed by atoms with Gasteiger partial charge in [0.25, 0.3) is 0 Å². The molecule has 1 aliphatic rings. The molecule has 0 aliphatic carbocycles. The van der Waals surface area contributed by atoms with Gasteiger partial charge in [0.1, 0.15) is 6.04 Å². The van der Waals surface area contributed by atoms with Crippen molar-refractivity contribution in [3.63, 3.8) is 0 Å². The molecule has 112 valence electrons. The van der Waals surface area contributed by atoms with Gasteiger partial charge in [-0.25, -0.2) is 0 Å². The van der Waals surface area contributed by atoms with Crippen molar-refractivity contribution in [2.24, 2.45) is 0 Å². The summed E-state index contributed by atoms with van der Waals surface area (Å²) in [6.07, 6.45) is -1.46. The minimum absolute atomic E-state index is 0.00943. The molecule has 1 atom stereocenters. The van der Waals surface area contributed by atoms with Gasteiger partial charge < -0.3 is 10.2 Å². The van der Waals surface area contributed by atoms with Crippen molar-refractivity contribution in [2.45, 2.75) is 38.4 Å². The van der Waals surface area contributed by atoms with Crippen LogP contribution in [0.1, 0.15) is 31.2 Å². The number of hydrogen-bond donors (Lipinski definition) is 1. The Morgan fingerprint density at radius 1 is 1.30 bits per heavy atom. The number of amides is 1. The Morgan fingerprint density at radius 2 is 1.95 bits per heavy atom. The number of carbonyl (C=O) groups excluding carboxylic acids is 1. The number of nitrogens with one attached hydrogen (secondary N) is 1. The van der Waals surface area contributed by atoms with Crippen LogP contribution >= 0.6 is 11.3 Å². The van der Waals surface area contributed by atoms with E-state index in [0.29, 0.717) is 24.4 Å². The Labute approximate surface area is 118 Å². The average molecular weight is 308 g/mol. The summed E-state index contributed by atoms with van der Waals surface area (Å²) in [5.41, 5.74) is 0.